The highest BCUT2D eigenvalue weighted by atomic mass is 32.1. The molecule has 0 aliphatic carbocycles. The molecule has 0 unspecified atom stereocenters. The third-order valence-corrected chi connectivity index (χ3v) is 6.20. The Morgan fingerprint density at radius 3 is 2.41 bits per heavy atom. The number of rotatable bonds is 4. The Hall–Kier alpha value is -3.26. The molecule has 0 spiro atoms. The van der Waals surface area contributed by atoms with Crippen LogP contribution in [0.4, 0.5) is 5.13 Å². The summed E-state index contributed by atoms with van der Waals surface area (Å²) in [6.45, 7) is 1.61. The third kappa shape index (κ3) is 3.15. The molecule has 1 aromatic heterocycles. The molecule has 29 heavy (non-hydrogen) atoms. The molecule has 7 nitrogen and oxygen atoms in total. The molecule has 146 valence electrons. The second-order valence-electron chi connectivity index (χ2n) is 7.04. The molecule has 0 saturated carbocycles. The van der Waals surface area contributed by atoms with E-state index in [9.17, 15) is 14.4 Å². The van der Waals surface area contributed by atoms with Crippen LogP contribution in [0.5, 0.6) is 5.75 Å². The number of esters is 1. The Bertz CT molecular complexity index is 1110. The van der Waals surface area contributed by atoms with Crippen molar-refractivity contribution in [3.8, 4) is 5.75 Å². The molecule has 2 aliphatic heterocycles. The second kappa shape index (κ2) is 6.97. The van der Waals surface area contributed by atoms with Gasteiger partial charge in [0, 0.05) is 19.2 Å². The van der Waals surface area contributed by atoms with Crippen molar-refractivity contribution in [1.82, 2.24) is 9.88 Å². The second-order valence-corrected chi connectivity index (χ2v) is 8.05. The van der Waals surface area contributed by atoms with Gasteiger partial charge in [-0.3, -0.25) is 14.5 Å². The number of anilines is 1. The summed E-state index contributed by atoms with van der Waals surface area (Å²) in [5, 5.41) is 0.979. The highest BCUT2D eigenvalue weighted by molar-refractivity contribution is 7.22. The number of carbonyl (C=O) groups excluding carboxylic acids is 3. The van der Waals surface area contributed by atoms with Crippen LogP contribution in [0.3, 0.4) is 0 Å². The van der Waals surface area contributed by atoms with Gasteiger partial charge in [0.2, 0.25) is 0 Å². The lowest BCUT2D eigenvalue weighted by Gasteiger charge is -2.12. The van der Waals surface area contributed by atoms with Gasteiger partial charge in [0.1, 0.15) is 12.3 Å². The summed E-state index contributed by atoms with van der Waals surface area (Å²) >= 11 is 1.57. The van der Waals surface area contributed by atoms with Gasteiger partial charge in [-0.15, -0.1) is 0 Å². The van der Waals surface area contributed by atoms with Gasteiger partial charge in [0.05, 0.1) is 21.3 Å². The standard InChI is InChI=1S/C21H17N3O4S/c25-18(12-24-19(26)14-5-1-2-6-15(14)20(24)27)28-13-7-8-16-17(11-13)29-21(22-16)23-9-3-4-10-23/h1-2,5-8,11H,3-4,9-10,12H2. The number of aromatic nitrogens is 1. The molecule has 1 fully saturated rings. The van der Waals surface area contributed by atoms with Gasteiger partial charge in [0.15, 0.2) is 5.13 Å². The molecular weight excluding hydrogens is 390 g/mol. The predicted octanol–water partition coefficient (Wildman–Crippen LogP) is 3.10. The minimum Gasteiger partial charge on any atom is -0.425 e. The molecule has 8 heteroatoms. The molecular formula is C21H17N3O4S. The molecule has 2 amide bonds. The maximum Gasteiger partial charge on any atom is 0.331 e. The number of carbonyl (C=O) groups is 3. The number of imide groups is 1. The molecule has 3 heterocycles. The van der Waals surface area contributed by atoms with E-state index in [1.54, 1.807) is 47.7 Å². The average Bonchev–Trinajstić information content (AvgIpc) is 3.44. The Morgan fingerprint density at radius 2 is 1.72 bits per heavy atom. The number of thiazole rings is 1. The van der Waals surface area contributed by atoms with E-state index in [4.69, 9.17) is 4.74 Å². The SMILES string of the molecule is O=C(CN1C(=O)c2ccccc2C1=O)Oc1ccc2nc(N3CCCC3)sc2c1. The van der Waals surface area contributed by atoms with Crippen molar-refractivity contribution in [2.75, 3.05) is 24.5 Å². The van der Waals surface area contributed by atoms with Crippen molar-refractivity contribution in [3.63, 3.8) is 0 Å². The van der Waals surface area contributed by atoms with Crippen LogP contribution in [0.2, 0.25) is 0 Å². The highest BCUT2D eigenvalue weighted by Crippen LogP contribution is 2.33. The summed E-state index contributed by atoms with van der Waals surface area (Å²) in [6, 6.07) is 11.8. The summed E-state index contributed by atoms with van der Waals surface area (Å²) in [5.41, 5.74) is 1.48. The van der Waals surface area contributed by atoms with E-state index >= 15 is 0 Å². The van der Waals surface area contributed by atoms with Crippen LogP contribution < -0.4 is 9.64 Å². The largest absolute Gasteiger partial charge is 0.425 e. The minimum absolute atomic E-state index is 0.311. The van der Waals surface area contributed by atoms with Crippen LogP contribution in [0.15, 0.2) is 42.5 Å². The van der Waals surface area contributed by atoms with Gasteiger partial charge in [0.25, 0.3) is 11.8 Å². The number of fused-ring (bicyclic) bond motifs is 2. The maximum absolute atomic E-state index is 12.4. The lowest BCUT2D eigenvalue weighted by Crippen LogP contribution is -2.36. The Kier molecular flexibility index (Phi) is 4.28. The number of ether oxygens (including phenoxy) is 1. The van der Waals surface area contributed by atoms with E-state index in [0.29, 0.717) is 16.9 Å². The molecule has 2 aliphatic rings. The van der Waals surface area contributed by atoms with Crippen molar-refractivity contribution in [1.29, 1.82) is 0 Å². The van der Waals surface area contributed by atoms with Gasteiger partial charge in [-0.05, 0) is 37.1 Å². The van der Waals surface area contributed by atoms with Gasteiger partial charge in [-0.1, -0.05) is 23.5 Å². The molecule has 0 radical (unpaired) electrons. The monoisotopic (exact) mass is 407 g/mol. The van der Waals surface area contributed by atoms with Crippen molar-refractivity contribution < 1.29 is 19.1 Å². The van der Waals surface area contributed by atoms with Crippen LogP contribution in [0, 0.1) is 0 Å². The van der Waals surface area contributed by atoms with Crippen molar-refractivity contribution >= 4 is 44.5 Å². The number of benzene rings is 2. The normalized spacial score (nSPS) is 16.0. The summed E-state index contributed by atoms with van der Waals surface area (Å²) in [6.07, 6.45) is 2.35. The first-order valence-electron chi connectivity index (χ1n) is 9.41. The van der Waals surface area contributed by atoms with Crippen LogP contribution >= 0.6 is 11.3 Å². The van der Waals surface area contributed by atoms with E-state index in [1.165, 1.54) is 12.8 Å². The van der Waals surface area contributed by atoms with Crippen LogP contribution in [-0.2, 0) is 4.79 Å². The van der Waals surface area contributed by atoms with Crippen LogP contribution in [0.1, 0.15) is 33.6 Å². The van der Waals surface area contributed by atoms with Crippen LogP contribution in [-0.4, -0.2) is 47.3 Å². The van der Waals surface area contributed by atoms with Crippen LogP contribution in [0.25, 0.3) is 10.2 Å². The van der Waals surface area contributed by atoms with Crippen molar-refractivity contribution in [2.24, 2.45) is 0 Å². The zero-order valence-electron chi connectivity index (χ0n) is 15.5. The zero-order valence-corrected chi connectivity index (χ0v) is 16.3. The lowest BCUT2D eigenvalue weighted by molar-refractivity contribution is -0.134. The smallest absolute Gasteiger partial charge is 0.331 e. The number of hydrogen-bond acceptors (Lipinski definition) is 7. The molecule has 0 N–H and O–H groups in total. The fraction of sp³-hybridized carbons (Fsp3) is 0.238. The quantitative estimate of drug-likeness (QED) is 0.376. The topological polar surface area (TPSA) is 79.8 Å². The number of nitrogens with zero attached hydrogens (tertiary/aromatic N) is 3. The van der Waals surface area contributed by atoms with E-state index in [1.807, 2.05) is 6.07 Å². The first kappa shape index (κ1) is 17.8. The Morgan fingerprint density at radius 1 is 1.03 bits per heavy atom. The zero-order chi connectivity index (χ0) is 20.0. The Balaban J connectivity index is 1.30. The molecule has 1 saturated heterocycles. The van der Waals surface area contributed by atoms with Gasteiger partial charge in [-0.2, -0.15) is 0 Å². The third-order valence-electron chi connectivity index (χ3n) is 5.12. The van der Waals surface area contributed by atoms with Gasteiger partial charge < -0.3 is 9.64 Å². The fourth-order valence-corrected chi connectivity index (χ4v) is 4.72. The van der Waals surface area contributed by atoms with Gasteiger partial charge in [-0.25, -0.2) is 9.78 Å². The summed E-state index contributed by atoms with van der Waals surface area (Å²) < 4.78 is 6.32. The first-order valence-corrected chi connectivity index (χ1v) is 10.2. The van der Waals surface area contributed by atoms with E-state index < -0.39 is 24.3 Å². The van der Waals surface area contributed by atoms with E-state index in [2.05, 4.69) is 9.88 Å². The summed E-state index contributed by atoms with van der Waals surface area (Å²) in [5.74, 6) is -1.25. The molecule has 0 bridgehead atoms. The highest BCUT2D eigenvalue weighted by Gasteiger charge is 2.36. The Labute approximate surface area is 170 Å². The van der Waals surface area contributed by atoms with Crippen molar-refractivity contribution in [3.05, 3.63) is 53.6 Å². The lowest BCUT2D eigenvalue weighted by atomic mass is 10.1. The number of amides is 2. The summed E-state index contributed by atoms with van der Waals surface area (Å²) in [4.78, 5) is 45.0. The number of hydrogen-bond donors (Lipinski definition) is 0. The predicted molar refractivity (Wildman–Crippen MR) is 109 cm³/mol. The minimum atomic E-state index is -0.664. The fourth-order valence-electron chi connectivity index (χ4n) is 3.68. The summed E-state index contributed by atoms with van der Waals surface area (Å²) in [7, 11) is 0. The maximum atomic E-state index is 12.4. The first-order chi connectivity index (χ1) is 14.1. The van der Waals surface area contributed by atoms with Crippen molar-refractivity contribution in [2.45, 2.75) is 12.8 Å². The van der Waals surface area contributed by atoms with E-state index in [-0.39, 0.29) is 0 Å². The average molecular weight is 407 g/mol. The van der Waals surface area contributed by atoms with Gasteiger partial charge >= 0.3 is 5.97 Å². The van der Waals surface area contributed by atoms with E-state index in [0.717, 1.165) is 33.3 Å². The molecule has 2 aromatic carbocycles. The molecule has 5 rings (SSSR count). The molecule has 0 atom stereocenters. The molecule has 3 aromatic rings.